The van der Waals surface area contributed by atoms with Crippen LogP contribution in [0.3, 0.4) is 0 Å². The average Bonchev–Trinajstić information content (AvgIpc) is 3.32. The van der Waals surface area contributed by atoms with E-state index in [1.807, 2.05) is 0 Å². The maximum Gasteiger partial charge on any atom is 0.227 e. The van der Waals surface area contributed by atoms with Crippen LogP contribution < -0.4 is 15.8 Å². The van der Waals surface area contributed by atoms with Gasteiger partial charge >= 0.3 is 0 Å². The lowest BCUT2D eigenvalue weighted by Crippen LogP contribution is -2.60. The van der Waals surface area contributed by atoms with E-state index in [4.69, 9.17) is 15.2 Å². The predicted molar refractivity (Wildman–Crippen MR) is 73.0 cm³/mol. The summed E-state index contributed by atoms with van der Waals surface area (Å²) in [7, 11) is 3.16. The SMILES string of the molecule is COC1=CN=C(c2cncnc2OC)NC1(N)C1CC1. The number of nitrogens with one attached hydrogen (secondary N) is 1. The van der Waals surface area contributed by atoms with E-state index in [1.165, 1.54) is 6.33 Å². The van der Waals surface area contributed by atoms with Crippen molar-refractivity contribution in [3.8, 4) is 5.88 Å². The molecule has 20 heavy (non-hydrogen) atoms. The summed E-state index contributed by atoms with van der Waals surface area (Å²) in [6.45, 7) is 0. The molecule has 1 aliphatic heterocycles. The van der Waals surface area contributed by atoms with Crippen molar-refractivity contribution >= 4 is 5.84 Å². The lowest BCUT2D eigenvalue weighted by molar-refractivity contribution is 0.191. The van der Waals surface area contributed by atoms with Crippen LogP contribution in [0.1, 0.15) is 18.4 Å². The van der Waals surface area contributed by atoms with Crippen LogP contribution in [0.4, 0.5) is 0 Å². The monoisotopic (exact) mass is 275 g/mol. The number of methoxy groups -OCH3 is 2. The fourth-order valence-electron chi connectivity index (χ4n) is 2.36. The molecule has 3 N–H and O–H groups in total. The minimum atomic E-state index is -0.729. The van der Waals surface area contributed by atoms with Crippen molar-refractivity contribution in [3.05, 3.63) is 30.0 Å². The Kier molecular flexibility index (Phi) is 3.06. The molecule has 1 aromatic heterocycles. The first kappa shape index (κ1) is 12.9. The highest BCUT2D eigenvalue weighted by molar-refractivity contribution is 6.02. The molecule has 0 radical (unpaired) electrons. The van der Waals surface area contributed by atoms with Crippen LogP contribution in [-0.2, 0) is 4.74 Å². The van der Waals surface area contributed by atoms with Gasteiger partial charge in [-0.05, 0) is 12.8 Å². The molecule has 106 valence electrons. The van der Waals surface area contributed by atoms with E-state index in [1.54, 1.807) is 26.6 Å². The second-order valence-electron chi connectivity index (χ2n) is 4.89. The summed E-state index contributed by atoms with van der Waals surface area (Å²) in [6, 6.07) is 0. The van der Waals surface area contributed by atoms with Gasteiger partial charge in [-0.2, -0.15) is 0 Å². The normalized spacial score (nSPS) is 25.4. The maximum atomic E-state index is 6.47. The van der Waals surface area contributed by atoms with Gasteiger partial charge in [-0.3, -0.25) is 0 Å². The third-order valence-electron chi connectivity index (χ3n) is 3.61. The van der Waals surface area contributed by atoms with Crippen molar-refractivity contribution in [1.29, 1.82) is 0 Å². The number of nitrogens with zero attached hydrogens (tertiary/aromatic N) is 3. The topological polar surface area (TPSA) is 94.7 Å². The van der Waals surface area contributed by atoms with E-state index in [0.29, 0.717) is 29.0 Å². The second-order valence-corrected chi connectivity index (χ2v) is 4.89. The second kappa shape index (κ2) is 4.75. The molecule has 1 fully saturated rings. The highest BCUT2D eigenvalue weighted by Gasteiger charge is 2.48. The Morgan fingerprint density at radius 3 is 2.80 bits per heavy atom. The van der Waals surface area contributed by atoms with Gasteiger partial charge in [0.05, 0.1) is 26.0 Å². The highest BCUT2D eigenvalue weighted by Crippen LogP contribution is 2.42. The molecule has 0 bridgehead atoms. The molecule has 0 saturated heterocycles. The van der Waals surface area contributed by atoms with Crippen molar-refractivity contribution in [1.82, 2.24) is 15.3 Å². The summed E-state index contributed by atoms with van der Waals surface area (Å²) < 4.78 is 10.6. The predicted octanol–water partition coefficient (Wildman–Crippen LogP) is 0.388. The summed E-state index contributed by atoms with van der Waals surface area (Å²) in [5.74, 6) is 2.03. The molecule has 7 nitrogen and oxygen atoms in total. The van der Waals surface area contributed by atoms with Crippen LogP contribution in [0.15, 0.2) is 29.5 Å². The molecular formula is C13H17N5O2. The average molecular weight is 275 g/mol. The third kappa shape index (κ3) is 2.00. The van der Waals surface area contributed by atoms with E-state index in [-0.39, 0.29) is 0 Å². The summed E-state index contributed by atoms with van der Waals surface area (Å²) in [5.41, 5.74) is 6.42. The maximum absolute atomic E-state index is 6.47. The smallest absolute Gasteiger partial charge is 0.227 e. The molecule has 1 aliphatic carbocycles. The Morgan fingerprint density at radius 1 is 1.35 bits per heavy atom. The van der Waals surface area contributed by atoms with E-state index >= 15 is 0 Å². The Balaban J connectivity index is 1.99. The summed E-state index contributed by atoms with van der Waals surface area (Å²) >= 11 is 0. The number of aliphatic imine (C=N–C) groups is 1. The Labute approximate surface area is 116 Å². The lowest BCUT2D eigenvalue weighted by Gasteiger charge is -2.35. The van der Waals surface area contributed by atoms with Crippen LogP contribution in [-0.4, -0.2) is 35.7 Å². The number of amidine groups is 1. The molecule has 0 amide bonds. The number of hydrogen-bond acceptors (Lipinski definition) is 7. The molecule has 0 spiro atoms. The van der Waals surface area contributed by atoms with Gasteiger partial charge in [0, 0.05) is 12.1 Å². The molecular weight excluding hydrogens is 258 g/mol. The minimum Gasteiger partial charge on any atom is -0.496 e. The van der Waals surface area contributed by atoms with Crippen molar-refractivity contribution < 1.29 is 9.47 Å². The number of ether oxygens (including phenoxy) is 2. The zero-order valence-corrected chi connectivity index (χ0v) is 11.5. The fourth-order valence-corrected chi connectivity index (χ4v) is 2.36. The van der Waals surface area contributed by atoms with Gasteiger partial charge in [-0.1, -0.05) is 0 Å². The van der Waals surface area contributed by atoms with Crippen LogP contribution in [0.5, 0.6) is 5.88 Å². The molecule has 2 aliphatic rings. The first-order valence-electron chi connectivity index (χ1n) is 6.43. The first-order chi connectivity index (χ1) is 9.69. The molecule has 1 saturated carbocycles. The molecule has 3 rings (SSSR count). The highest BCUT2D eigenvalue weighted by atomic mass is 16.5. The Bertz CT molecular complexity index is 582. The summed E-state index contributed by atoms with van der Waals surface area (Å²) in [5, 5.41) is 3.26. The third-order valence-corrected chi connectivity index (χ3v) is 3.61. The van der Waals surface area contributed by atoms with Gasteiger partial charge < -0.3 is 20.5 Å². The molecule has 7 heteroatoms. The standard InChI is InChI=1S/C13H17N5O2/c1-19-10-6-16-11(18-13(10,14)8-3-4-8)9-5-15-7-17-12(9)20-2/h5-8H,3-4,14H2,1-2H3,(H,16,18). The largest absolute Gasteiger partial charge is 0.496 e. The number of rotatable bonds is 4. The Hall–Kier alpha value is -2.15. The van der Waals surface area contributed by atoms with E-state index in [0.717, 1.165) is 12.8 Å². The molecule has 1 atom stereocenters. The van der Waals surface area contributed by atoms with E-state index < -0.39 is 5.66 Å². The molecule has 1 aromatic rings. The van der Waals surface area contributed by atoms with Gasteiger partial charge in [-0.25, -0.2) is 15.0 Å². The van der Waals surface area contributed by atoms with E-state index in [9.17, 15) is 0 Å². The lowest BCUT2D eigenvalue weighted by atomic mass is 10.0. The van der Waals surface area contributed by atoms with Crippen molar-refractivity contribution in [2.45, 2.75) is 18.5 Å². The first-order valence-corrected chi connectivity index (χ1v) is 6.43. The van der Waals surface area contributed by atoms with Gasteiger partial charge in [0.25, 0.3) is 0 Å². The minimum absolute atomic E-state index is 0.342. The van der Waals surface area contributed by atoms with Crippen molar-refractivity contribution in [3.63, 3.8) is 0 Å². The number of aromatic nitrogens is 2. The van der Waals surface area contributed by atoms with Gasteiger partial charge in [-0.15, -0.1) is 0 Å². The molecule has 1 unspecified atom stereocenters. The van der Waals surface area contributed by atoms with Crippen molar-refractivity contribution in [2.75, 3.05) is 14.2 Å². The zero-order valence-electron chi connectivity index (χ0n) is 11.5. The number of hydrogen-bond donors (Lipinski definition) is 2. The van der Waals surface area contributed by atoms with Gasteiger partial charge in [0.1, 0.15) is 12.2 Å². The summed E-state index contributed by atoms with van der Waals surface area (Å²) in [6.07, 6.45) is 6.87. The molecule has 0 aromatic carbocycles. The fraction of sp³-hybridized carbons (Fsp3) is 0.462. The quantitative estimate of drug-likeness (QED) is 0.825. The van der Waals surface area contributed by atoms with Crippen molar-refractivity contribution in [2.24, 2.45) is 16.6 Å². The number of nitrogens with two attached hydrogens (primary N) is 1. The van der Waals surface area contributed by atoms with E-state index in [2.05, 4.69) is 20.3 Å². The van der Waals surface area contributed by atoms with Crippen LogP contribution in [0, 0.1) is 5.92 Å². The zero-order chi connectivity index (χ0) is 14.2. The molecule has 2 heterocycles. The van der Waals surface area contributed by atoms with Crippen LogP contribution >= 0.6 is 0 Å². The van der Waals surface area contributed by atoms with Crippen LogP contribution in [0.25, 0.3) is 0 Å². The van der Waals surface area contributed by atoms with Gasteiger partial charge in [0.2, 0.25) is 5.88 Å². The van der Waals surface area contributed by atoms with Gasteiger partial charge in [0.15, 0.2) is 11.4 Å². The summed E-state index contributed by atoms with van der Waals surface area (Å²) in [4.78, 5) is 12.4. The Morgan fingerprint density at radius 2 is 2.15 bits per heavy atom. The van der Waals surface area contributed by atoms with Crippen LogP contribution in [0.2, 0.25) is 0 Å².